The Balaban J connectivity index is 1.51. The molecule has 1 aliphatic rings. The van der Waals surface area contributed by atoms with E-state index in [9.17, 15) is 8.42 Å². The van der Waals surface area contributed by atoms with Gasteiger partial charge in [-0.05, 0) is 72.0 Å². The summed E-state index contributed by atoms with van der Waals surface area (Å²) in [5, 5.41) is 6.58. The van der Waals surface area contributed by atoms with Crippen LogP contribution in [-0.2, 0) is 10.0 Å². The number of benzene rings is 2. The summed E-state index contributed by atoms with van der Waals surface area (Å²) in [6.07, 6.45) is 1.74. The molecule has 3 N–H and O–H groups in total. The van der Waals surface area contributed by atoms with E-state index < -0.39 is 14.8 Å². The van der Waals surface area contributed by atoms with E-state index in [2.05, 4.69) is 48.2 Å². The lowest BCUT2D eigenvalue weighted by atomic mass is 10.2. The van der Waals surface area contributed by atoms with Gasteiger partial charge in [-0.2, -0.15) is 4.98 Å². The van der Waals surface area contributed by atoms with Gasteiger partial charge in [-0.15, -0.1) is 0 Å². The van der Waals surface area contributed by atoms with E-state index in [1.807, 2.05) is 32.0 Å². The number of sulfonamides is 1. The van der Waals surface area contributed by atoms with Crippen molar-refractivity contribution in [3.05, 3.63) is 54.2 Å². The first-order valence-corrected chi connectivity index (χ1v) is 14.6. The van der Waals surface area contributed by atoms with E-state index in [1.54, 1.807) is 45.2 Å². The van der Waals surface area contributed by atoms with Gasteiger partial charge in [0.2, 0.25) is 16.0 Å². The number of nitrogens with zero attached hydrogens (tertiary/aromatic N) is 4. The second kappa shape index (κ2) is 11.7. The number of hydrogen-bond donors (Lipinski definition) is 3. The molecule has 2 heterocycles. The van der Waals surface area contributed by atoms with Gasteiger partial charge in [0.15, 0.2) is 0 Å². The van der Waals surface area contributed by atoms with Gasteiger partial charge in [0.25, 0.3) is 0 Å². The average molecular weight is 554 g/mol. The van der Waals surface area contributed by atoms with Gasteiger partial charge in [0.05, 0.1) is 22.7 Å². The first-order valence-electron chi connectivity index (χ1n) is 13.2. The Morgan fingerprint density at radius 1 is 0.974 bits per heavy atom. The summed E-state index contributed by atoms with van der Waals surface area (Å²) in [5.41, 5.74) is 3.94. The van der Waals surface area contributed by atoms with Crippen molar-refractivity contribution >= 4 is 44.5 Å². The third kappa shape index (κ3) is 7.10. The lowest BCUT2D eigenvalue weighted by Crippen LogP contribution is -2.44. The van der Waals surface area contributed by atoms with Gasteiger partial charge in [0.1, 0.15) is 11.6 Å². The number of hydrogen-bond acceptors (Lipinski definition) is 9. The molecule has 0 amide bonds. The van der Waals surface area contributed by atoms with Gasteiger partial charge in [0, 0.05) is 55.4 Å². The van der Waals surface area contributed by atoms with Crippen molar-refractivity contribution in [2.24, 2.45) is 0 Å². The monoisotopic (exact) mass is 553 g/mol. The molecule has 1 aliphatic heterocycles. The molecule has 11 heteroatoms. The topological polar surface area (TPSA) is 112 Å². The summed E-state index contributed by atoms with van der Waals surface area (Å²) in [6, 6.07) is 13.2. The van der Waals surface area contributed by atoms with Crippen LogP contribution >= 0.6 is 0 Å². The molecule has 0 radical (unpaired) electrons. The molecule has 0 bridgehead atoms. The van der Waals surface area contributed by atoms with Crippen molar-refractivity contribution in [1.82, 2.24) is 14.9 Å². The molecule has 39 heavy (non-hydrogen) atoms. The summed E-state index contributed by atoms with van der Waals surface area (Å²) in [6.45, 7) is 13.4. The van der Waals surface area contributed by atoms with Crippen molar-refractivity contribution in [3.63, 3.8) is 0 Å². The highest BCUT2D eigenvalue weighted by atomic mass is 32.2. The van der Waals surface area contributed by atoms with Crippen LogP contribution in [0.5, 0.6) is 5.75 Å². The number of ether oxygens (including phenoxy) is 1. The number of nitrogens with one attached hydrogen (secondary N) is 3. The van der Waals surface area contributed by atoms with E-state index in [-0.39, 0.29) is 0 Å². The number of anilines is 6. The predicted octanol–water partition coefficient (Wildman–Crippen LogP) is 4.96. The third-order valence-electron chi connectivity index (χ3n) is 6.52. The predicted molar refractivity (Wildman–Crippen MR) is 159 cm³/mol. The largest absolute Gasteiger partial charge is 0.492 e. The lowest BCUT2D eigenvalue weighted by molar-refractivity contribution is 0.307. The number of piperazine rings is 1. The van der Waals surface area contributed by atoms with Crippen molar-refractivity contribution in [2.75, 3.05) is 60.1 Å². The minimum atomic E-state index is -3.54. The minimum Gasteiger partial charge on any atom is -0.492 e. The molecule has 210 valence electrons. The Labute approximate surface area is 231 Å². The second-order valence-electron chi connectivity index (χ2n) is 10.7. The Morgan fingerprint density at radius 2 is 1.67 bits per heavy atom. The standard InChI is InChI=1S/C28H39N7O3S/c1-7-38-25-18-22(11-12-24(25)35-15-13-34(6)14-16-35)31-27-29-19-20(2)26(32-27)30-21-9-8-10-23(17-21)33-39(36,37)28(3,4)5/h8-12,17-19,33H,7,13-16H2,1-6H3,(H2,29,30,31,32). The smallest absolute Gasteiger partial charge is 0.237 e. The van der Waals surface area contributed by atoms with Crippen molar-refractivity contribution in [1.29, 1.82) is 0 Å². The van der Waals surface area contributed by atoms with E-state index in [4.69, 9.17) is 4.74 Å². The van der Waals surface area contributed by atoms with Gasteiger partial charge < -0.3 is 25.2 Å². The summed E-state index contributed by atoms with van der Waals surface area (Å²) in [5.74, 6) is 1.87. The quantitative estimate of drug-likeness (QED) is 0.338. The molecule has 1 aromatic heterocycles. The summed E-state index contributed by atoms with van der Waals surface area (Å²) in [7, 11) is -1.40. The maximum absolute atomic E-state index is 12.6. The lowest BCUT2D eigenvalue weighted by Gasteiger charge is -2.35. The van der Waals surface area contributed by atoms with E-state index in [0.29, 0.717) is 29.7 Å². The second-order valence-corrected chi connectivity index (χ2v) is 13.1. The zero-order chi connectivity index (χ0) is 28.2. The Morgan fingerprint density at radius 3 is 2.36 bits per heavy atom. The maximum atomic E-state index is 12.6. The van der Waals surface area contributed by atoms with Crippen LogP contribution in [0, 0.1) is 6.92 Å². The minimum absolute atomic E-state index is 0.433. The molecule has 10 nitrogen and oxygen atoms in total. The molecule has 1 fully saturated rings. The van der Waals surface area contributed by atoms with Crippen LogP contribution in [0.4, 0.5) is 34.5 Å². The summed E-state index contributed by atoms with van der Waals surface area (Å²) < 4.78 is 32.9. The van der Waals surface area contributed by atoms with Crippen molar-refractivity contribution in [2.45, 2.75) is 39.4 Å². The average Bonchev–Trinajstić information content (AvgIpc) is 2.86. The van der Waals surface area contributed by atoms with Crippen LogP contribution < -0.4 is 25.0 Å². The highest BCUT2D eigenvalue weighted by Crippen LogP contribution is 2.33. The molecule has 0 spiro atoms. The van der Waals surface area contributed by atoms with Crippen LogP contribution in [0.1, 0.15) is 33.3 Å². The molecular weight excluding hydrogens is 514 g/mol. The SMILES string of the molecule is CCOc1cc(Nc2ncc(C)c(Nc3cccc(NS(=O)(=O)C(C)(C)C)c3)n2)ccc1N1CCN(C)CC1. The first-order chi connectivity index (χ1) is 18.4. The third-order valence-corrected chi connectivity index (χ3v) is 8.63. The van der Waals surface area contributed by atoms with Crippen LogP contribution in [0.3, 0.4) is 0 Å². The first kappa shape index (κ1) is 28.4. The summed E-state index contributed by atoms with van der Waals surface area (Å²) in [4.78, 5) is 13.8. The van der Waals surface area contributed by atoms with Gasteiger partial charge in [-0.25, -0.2) is 13.4 Å². The number of rotatable bonds is 9. The molecule has 1 saturated heterocycles. The van der Waals surface area contributed by atoms with Crippen molar-refractivity contribution in [3.8, 4) is 5.75 Å². The van der Waals surface area contributed by atoms with Gasteiger partial charge in [-0.3, -0.25) is 4.72 Å². The van der Waals surface area contributed by atoms with Gasteiger partial charge >= 0.3 is 0 Å². The highest BCUT2D eigenvalue weighted by Gasteiger charge is 2.29. The summed E-state index contributed by atoms with van der Waals surface area (Å²) >= 11 is 0. The zero-order valence-corrected chi connectivity index (χ0v) is 24.4. The molecule has 2 aromatic carbocycles. The normalized spacial score (nSPS) is 14.7. The van der Waals surface area contributed by atoms with Crippen molar-refractivity contribution < 1.29 is 13.2 Å². The van der Waals surface area contributed by atoms with Crippen LogP contribution in [0.15, 0.2) is 48.7 Å². The number of aromatic nitrogens is 2. The van der Waals surface area contributed by atoms with E-state index in [0.717, 1.165) is 48.9 Å². The van der Waals surface area contributed by atoms with Gasteiger partial charge in [-0.1, -0.05) is 6.07 Å². The Hall–Kier alpha value is -3.57. The fourth-order valence-corrected chi connectivity index (χ4v) is 4.78. The highest BCUT2D eigenvalue weighted by molar-refractivity contribution is 7.94. The molecule has 0 atom stereocenters. The van der Waals surface area contributed by atoms with Crippen LogP contribution in [-0.4, -0.2) is 67.9 Å². The molecule has 4 rings (SSSR count). The number of likely N-dealkylation sites (N-methyl/N-ethyl adjacent to an activating group) is 1. The van der Waals surface area contributed by atoms with E-state index >= 15 is 0 Å². The number of aryl methyl sites for hydroxylation is 1. The van der Waals surface area contributed by atoms with E-state index in [1.165, 1.54) is 0 Å². The van der Waals surface area contributed by atoms with Crippen LogP contribution in [0.25, 0.3) is 0 Å². The molecule has 0 unspecified atom stereocenters. The Kier molecular flexibility index (Phi) is 8.51. The molecule has 3 aromatic rings. The maximum Gasteiger partial charge on any atom is 0.237 e. The fraction of sp³-hybridized carbons (Fsp3) is 0.429. The Bertz CT molecular complexity index is 1400. The fourth-order valence-electron chi connectivity index (χ4n) is 4.03. The molecule has 0 aliphatic carbocycles. The molecule has 0 saturated carbocycles. The van der Waals surface area contributed by atoms with Crippen LogP contribution in [0.2, 0.25) is 0 Å². The molecular formula is C28H39N7O3S. The zero-order valence-electron chi connectivity index (χ0n) is 23.6.